The third-order valence-electron chi connectivity index (χ3n) is 4.98. The molecule has 0 aliphatic carbocycles. The molecule has 7 nitrogen and oxygen atoms in total. The van der Waals surface area contributed by atoms with Crippen LogP contribution in [0.2, 0.25) is 5.02 Å². The van der Waals surface area contributed by atoms with Crippen LogP contribution in [-0.2, 0) is 11.3 Å². The summed E-state index contributed by atoms with van der Waals surface area (Å²) in [4.78, 5) is 44.2. The molecule has 0 bridgehead atoms. The third-order valence-corrected chi connectivity index (χ3v) is 6.75. The number of aromatic nitrogens is 3. The smallest absolute Gasteiger partial charge is 0.295 e. The van der Waals surface area contributed by atoms with Crippen molar-refractivity contribution in [3.05, 3.63) is 94.0 Å². The van der Waals surface area contributed by atoms with Crippen molar-refractivity contribution < 1.29 is 4.79 Å². The highest BCUT2D eigenvalue weighted by molar-refractivity contribution is 9.10. The number of carbonyl (C=O) groups is 1. The zero-order valence-electron chi connectivity index (χ0n) is 15.9. The number of hydrogen-bond donors (Lipinski definition) is 0. The Morgan fingerprint density at radius 1 is 1.10 bits per heavy atom. The molecule has 154 valence electrons. The fourth-order valence-electron chi connectivity index (χ4n) is 3.49. The molecule has 10 heteroatoms. The number of aryl methyl sites for hydroxylation is 1. The van der Waals surface area contributed by atoms with E-state index in [0.29, 0.717) is 22.8 Å². The molecule has 5 rings (SSSR count). The monoisotopic (exact) mass is 514 g/mol. The van der Waals surface area contributed by atoms with E-state index in [9.17, 15) is 14.4 Å². The van der Waals surface area contributed by atoms with Crippen LogP contribution in [0.3, 0.4) is 0 Å². The number of halogens is 2. The van der Waals surface area contributed by atoms with Crippen molar-refractivity contribution in [2.24, 2.45) is 0 Å². The lowest BCUT2D eigenvalue weighted by molar-refractivity contribution is -0.113. The molecule has 0 radical (unpaired) electrons. The highest BCUT2D eigenvalue weighted by Crippen LogP contribution is 2.38. The molecule has 0 saturated carbocycles. The summed E-state index contributed by atoms with van der Waals surface area (Å²) in [7, 11) is 0. The summed E-state index contributed by atoms with van der Waals surface area (Å²) in [6.45, 7) is 1.81. The third kappa shape index (κ3) is 3.29. The molecule has 0 fully saturated rings. The van der Waals surface area contributed by atoms with Crippen molar-refractivity contribution in [1.29, 1.82) is 0 Å². The molecule has 0 N–H and O–H groups in total. The first-order valence-electron chi connectivity index (χ1n) is 9.14. The van der Waals surface area contributed by atoms with E-state index in [2.05, 4.69) is 26.0 Å². The van der Waals surface area contributed by atoms with E-state index in [0.717, 1.165) is 25.9 Å². The first-order valence-corrected chi connectivity index (χ1v) is 11.1. The van der Waals surface area contributed by atoms with E-state index in [-0.39, 0.29) is 26.7 Å². The molecular formula is C21H12BrClN4O3S. The van der Waals surface area contributed by atoms with E-state index in [1.54, 1.807) is 17.0 Å². The van der Waals surface area contributed by atoms with Crippen molar-refractivity contribution in [1.82, 2.24) is 14.6 Å². The molecule has 1 aliphatic rings. The summed E-state index contributed by atoms with van der Waals surface area (Å²) in [5, 5.41) is 4.65. The van der Waals surface area contributed by atoms with E-state index < -0.39 is 11.1 Å². The molecule has 2 aromatic heterocycles. The zero-order chi connectivity index (χ0) is 21.9. The van der Waals surface area contributed by atoms with Gasteiger partial charge >= 0.3 is 0 Å². The number of nitrogens with zero attached hydrogens (tertiary/aromatic N) is 4. The normalized spacial score (nSPS) is 15.1. The van der Waals surface area contributed by atoms with E-state index in [1.807, 2.05) is 30.3 Å². The van der Waals surface area contributed by atoms with Gasteiger partial charge < -0.3 is 4.90 Å². The Morgan fingerprint density at radius 3 is 2.58 bits per heavy atom. The zero-order valence-corrected chi connectivity index (χ0v) is 19.1. The first-order chi connectivity index (χ1) is 14.8. The maximum absolute atomic E-state index is 13.5. The number of benzene rings is 2. The molecule has 0 unspecified atom stereocenters. The molecule has 0 atom stereocenters. The average molecular weight is 516 g/mol. The van der Waals surface area contributed by atoms with Crippen LogP contribution < -0.4 is 20.6 Å². The number of amides is 1. The Bertz CT molecular complexity index is 1560. The van der Waals surface area contributed by atoms with Gasteiger partial charge in [0, 0.05) is 15.1 Å². The van der Waals surface area contributed by atoms with Crippen LogP contribution >= 0.6 is 38.9 Å². The largest absolute Gasteiger partial charge is 0.303 e. The second kappa shape index (κ2) is 7.37. The van der Waals surface area contributed by atoms with Gasteiger partial charge in [-0.3, -0.25) is 14.4 Å². The highest BCUT2D eigenvalue weighted by atomic mass is 79.9. The highest BCUT2D eigenvalue weighted by Gasteiger charge is 2.34. The van der Waals surface area contributed by atoms with Crippen molar-refractivity contribution in [2.75, 3.05) is 4.90 Å². The van der Waals surface area contributed by atoms with Gasteiger partial charge in [0.1, 0.15) is 10.2 Å². The predicted octanol–water partition coefficient (Wildman–Crippen LogP) is 2.70. The number of anilines is 1. The van der Waals surface area contributed by atoms with Crippen molar-refractivity contribution in [3.63, 3.8) is 0 Å². The Balaban J connectivity index is 1.76. The van der Waals surface area contributed by atoms with Crippen LogP contribution in [0, 0.1) is 6.92 Å². The summed E-state index contributed by atoms with van der Waals surface area (Å²) in [6.07, 6.45) is 0. The molecule has 1 aliphatic heterocycles. The van der Waals surface area contributed by atoms with Gasteiger partial charge in [-0.2, -0.15) is 14.6 Å². The summed E-state index contributed by atoms with van der Waals surface area (Å²) in [6, 6.07) is 12.7. The fourth-order valence-corrected chi connectivity index (χ4v) is 4.97. The number of hydrogen-bond acceptors (Lipinski definition) is 6. The Kier molecular flexibility index (Phi) is 4.76. The van der Waals surface area contributed by atoms with Gasteiger partial charge in [-0.25, -0.2) is 0 Å². The number of rotatable bonds is 2. The Hall–Kier alpha value is -2.88. The molecule has 2 aromatic carbocycles. The van der Waals surface area contributed by atoms with Gasteiger partial charge in [-0.15, -0.1) is 0 Å². The van der Waals surface area contributed by atoms with Crippen LogP contribution in [0.25, 0.3) is 10.5 Å². The van der Waals surface area contributed by atoms with Gasteiger partial charge in [-0.1, -0.05) is 51.0 Å². The summed E-state index contributed by atoms with van der Waals surface area (Å²) in [5.41, 5.74) is 1.65. The Morgan fingerprint density at radius 2 is 1.84 bits per heavy atom. The van der Waals surface area contributed by atoms with Crippen molar-refractivity contribution >= 4 is 61.0 Å². The Labute approximate surface area is 192 Å². The van der Waals surface area contributed by atoms with E-state index >= 15 is 0 Å². The molecule has 0 saturated heterocycles. The van der Waals surface area contributed by atoms with Crippen LogP contribution in [-0.4, -0.2) is 20.5 Å². The summed E-state index contributed by atoms with van der Waals surface area (Å²) in [5.74, 6) is -0.300. The second-order valence-electron chi connectivity index (χ2n) is 6.99. The minimum Gasteiger partial charge on any atom is -0.303 e. The lowest BCUT2D eigenvalue weighted by Crippen LogP contribution is -2.33. The summed E-state index contributed by atoms with van der Waals surface area (Å²) >= 11 is 10.4. The van der Waals surface area contributed by atoms with Crippen LogP contribution in [0.1, 0.15) is 16.8 Å². The van der Waals surface area contributed by atoms with Crippen molar-refractivity contribution in [2.45, 2.75) is 13.5 Å². The lowest BCUT2D eigenvalue weighted by Gasteiger charge is -2.17. The summed E-state index contributed by atoms with van der Waals surface area (Å²) < 4.78 is 2.06. The number of fused-ring (bicyclic) bond motifs is 2. The first kappa shape index (κ1) is 20.0. The fraction of sp³-hybridized carbons (Fsp3) is 0.0952. The average Bonchev–Trinajstić information content (AvgIpc) is 3.17. The predicted molar refractivity (Wildman–Crippen MR) is 123 cm³/mol. The number of carbonyl (C=O) groups excluding carboxylic acids is 1. The van der Waals surface area contributed by atoms with Gasteiger partial charge in [0.2, 0.25) is 4.96 Å². The van der Waals surface area contributed by atoms with Crippen molar-refractivity contribution in [3.8, 4) is 0 Å². The molecule has 3 heterocycles. The molecule has 0 spiro atoms. The van der Waals surface area contributed by atoms with Gasteiger partial charge in [0.05, 0.1) is 17.8 Å². The molecule has 4 aromatic rings. The number of thiazole rings is 1. The minimum absolute atomic E-state index is 0.120. The standard InChI is InChI=1S/C21H12BrClN4O3S/c1-10-18(28)24-21-27(25-10)20(30)17(31-21)16-14-8-12(22)4-7-15(14)26(19(16)29)9-11-2-5-13(23)6-3-11/h2-8H,9H2,1H3/b17-16-. The molecule has 1 amide bonds. The quantitative estimate of drug-likeness (QED) is 0.410. The molecular weight excluding hydrogens is 504 g/mol. The van der Waals surface area contributed by atoms with Gasteiger partial charge in [0.15, 0.2) is 0 Å². The van der Waals surface area contributed by atoms with Crippen LogP contribution in [0.4, 0.5) is 5.69 Å². The second-order valence-corrected chi connectivity index (χ2v) is 9.32. The van der Waals surface area contributed by atoms with Gasteiger partial charge in [0.25, 0.3) is 17.0 Å². The topological polar surface area (TPSA) is 84.6 Å². The van der Waals surface area contributed by atoms with Crippen LogP contribution in [0.15, 0.2) is 56.5 Å². The minimum atomic E-state index is -0.497. The molecule has 31 heavy (non-hydrogen) atoms. The van der Waals surface area contributed by atoms with E-state index in [4.69, 9.17) is 11.6 Å². The van der Waals surface area contributed by atoms with Gasteiger partial charge in [-0.05, 0) is 42.8 Å². The lowest BCUT2D eigenvalue weighted by atomic mass is 10.1. The SMILES string of the molecule is Cc1nn2c(=O)/c(=C3/C(=O)N(Cc4ccc(Cl)cc4)c4ccc(Br)cc43)sc2nc1=O. The van der Waals surface area contributed by atoms with E-state index in [1.165, 1.54) is 6.92 Å². The maximum atomic E-state index is 13.5. The maximum Gasteiger partial charge on any atom is 0.295 e. The van der Waals surface area contributed by atoms with Crippen LogP contribution in [0.5, 0.6) is 0 Å².